The number of hydrogen-bond donors (Lipinski definition) is 1. The number of carbonyl (C=O) groups is 1. The summed E-state index contributed by atoms with van der Waals surface area (Å²) in [6, 6.07) is 1.98. The van der Waals surface area contributed by atoms with Gasteiger partial charge in [0.2, 0.25) is 0 Å². The highest BCUT2D eigenvalue weighted by atomic mass is 16.5. The molecule has 0 spiro atoms. The fraction of sp³-hybridized carbons (Fsp3) is 0.588. The summed E-state index contributed by atoms with van der Waals surface area (Å²) in [6.07, 6.45) is 3.38. The van der Waals surface area contributed by atoms with Crippen LogP contribution >= 0.6 is 0 Å². The second-order valence-corrected chi connectivity index (χ2v) is 6.79. The molecule has 2 aromatic heterocycles. The van der Waals surface area contributed by atoms with Crippen molar-refractivity contribution < 1.29 is 9.53 Å². The number of rotatable bonds is 5. The van der Waals surface area contributed by atoms with Gasteiger partial charge in [0.1, 0.15) is 0 Å². The van der Waals surface area contributed by atoms with E-state index in [0.717, 1.165) is 35.8 Å². The van der Waals surface area contributed by atoms with Gasteiger partial charge in [0.15, 0.2) is 5.69 Å². The SMILES string of the molecule is Cc1cc(CNC(=O)c2nn(CC3CC3)c3c2COCC3)n(C)n1. The smallest absolute Gasteiger partial charge is 0.272 e. The van der Waals surface area contributed by atoms with Gasteiger partial charge in [-0.15, -0.1) is 0 Å². The maximum Gasteiger partial charge on any atom is 0.272 e. The van der Waals surface area contributed by atoms with E-state index in [9.17, 15) is 4.79 Å². The van der Waals surface area contributed by atoms with E-state index in [1.165, 1.54) is 18.5 Å². The van der Waals surface area contributed by atoms with Gasteiger partial charge in [-0.25, -0.2) is 0 Å². The third kappa shape index (κ3) is 2.96. The molecule has 128 valence electrons. The summed E-state index contributed by atoms with van der Waals surface area (Å²) >= 11 is 0. The third-order valence-electron chi connectivity index (χ3n) is 4.77. The molecule has 1 fully saturated rings. The van der Waals surface area contributed by atoms with Crippen molar-refractivity contribution in [2.75, 3.05) is 6.61 Å². The number of hydrogen-bond acceptors (Lipinski definition) is 4. The molecule has 4 rings (SSSR count). The molecule has 24 heavy (non-hydrogen) atoms. The molecule has 2 aromatic rings. The summed E-state index contributed by atoms with van der Waals surface area (Å²) in [5.41, 5.74) is 4.57. The van der Waals surface area contributed by atoms with Gasteiger partial charge < -0.3 is 10.1 Å². The molecule has 0 aromatic carbocycles. The summed E-state index contributed by atoms with van der Waals surface area (Å²) in [5.74, 6) is 0.593. The summed E-state index contributed by atoms with van der Waals surface area (Å²) < 4.78 is 9.39. The van der Waals surface area contributed by atoms with Crippen LogP contribution in [0.5, 0.6) is 0 Å². The molecule has 0 saturated heterocycles. The molecular weight excluding hydrogens is 306 g/mol. The van der Waals surface area contributed by atoms with Crippen LogP contribution < -0.4 is 5.32 Å². The van der Waals surface area contributed by atoms with E-state index in [-0.39, 0.29) is 5.91 Å². The minimum atomic E-state index is -0.134. The molecule has 1 N–H and O–H groups in total. The van der Waals surface area contributed by atoms with Crippen molar-refractivity contribution in [3.8, 4) is 0 Å². The van der Waals surface area contributed by atoms with Crippen molar-refractivity contribution in [1.82, 2.24) is 24.9 Å². The van der Waals surface area contributed by atoms with Crippen LogP contribution in [0.15, 0.2) is 6.07 Å². The van der Waals surface area contributed by atoms with Gasteiger partial charge >= 0.3 is 0 Å². The summed E-state index contributed by atoms with van der Waals surface area (Å²) in [5, 5.41) is 11.9. The minimum Gasteiger partial charge on any atom is -0.376 e. The van der Waals surface area contributed by atoms with Crippen LogP contribution in [0.1, 0.15) is 46.0 Å². The zero-order valence-corrected chi connectivity index (χ0v) is 14.2. The van der Waals surface area contributed by atoms with E-state index in [4.69, 9.17) is 4.74 Å². The average molecular weight is 329 g/mol. The molecule has 1 amide bonds. The number of aromatic nitrogens is 4. The zero-order valence-electron chi connectivity index (χ0n) is 14.2. The number of nitrogens with one attached hydrogen (secondary N) is 1. The maximum absolute atomic E-state index is 12.7. The van der Waals surface area contributed by atoms with Crippen molar-refractivity contribution in [3.63, 3.8) is 0 Å². The van der Waals surface area contributed by atoms with Gasteiger partial charge in [-0.3, -0.25) is 14.2 Å². The van der Waals surface area contributed by atoms with Crippen molar-refractivity contribution in [1.29, 1.82) is 0 Å². The number of fused-ring (bicyclic) bond motifs is 1. The molecule has 1 aliphatic heterocycles. The van der Waals surface area contributed by atoms with E-state index in [0.29, 0.717) is 25.5 Å². The van der Waals surface area contributed by atoms with E-state index >= 15 is 0 Å². The highest BCUT2D eigenvalue weighted by molar-refractivity contribution is 5.94. The van der Waals surface area contributed by atoms with Gasteiger partial charge in [-0.05, 0) is 31.7 Å². The Labute approximate surface area is 141 Å². The monoisotopic (exact) mass is 329 g/mol. The summed E-state index contributed by atoms with van der Waals surface area (Å²) in [7, 11) is 1.88. The Kier molecular flexibility index (Phi) is 3.88. The third-order valence-corrected chi connectivity index (χ3v) is 4.77. The molecule has 0 bridgehead atoms. The lowest BCUT2D eigenvalue weighted by Crippen LogP contribution is -2.26. The Morgan fingerprint density at radius 2 is 2.25 bits per heavy atom. The molecule has 7 nitrogen and oxygen atoms in total. The largest absolute Gasteiger partial charge is 0.376 e. The van der Waals surface area contributed by atoms with Gasteiger partial charge in [0.05, 0.1) is 31.1 Å². The van der Waals surface area contributed by atoms with Gasteiger partial charge in [-0.1, -0.05) is 0 Å². The molecule has 1 saturated carbocycles. The van der Waals surface area contributed by atoms with E-state index in [2.05, 4.69) is 15.5 Å². The zero-order chi connectivity index (χ0) is 16.7. The van der Waals surface area contributed by atoms with Crippen molar-refractivity contribution >= 4 is 5.91 Å². The number of amides is 1. The lowest BCUT2D eigenvalue weighted by Gasteiger charge is -2.15. The Balaban J connectivity index is 1.52. The molecule has 0 unspecified atom stereocenters. The van der Waals surface area contributed by atoms with Crippen LogP contribution in [0, 0.1) is 12.8 Å². The van der Waals surface area contributed by atoms with E-state index < -0.39 is 0 Å². The summed E-state index contributed by atoms with van der Waals surface area (Å²) in [4.78, 5) is 12.7. The standard InChI is InChI=1S/C17H23N5O2/c1-11-7-13(21(2)19-11)8-18-17(23)16-14-10-24-6-5-15(14)22(20-16)9-12-3-4-12/h7,12H,3-6,8-10H2,1-2H3,(H,18,23). The molecule has 0 atom stereocenters. The molecular formula is C17H23N5O2. The van der Waals surface area contributed by atoms with Crippen molar-refractivity contribution in [2.24, 2.45) is 13.0 Å². The van der Waals surface area contributed by atoms with Crippen LogP contribution in [0.25, 0.3) is 0 Å². The van der Waals surface area contributed by atoms with Crippen molar-refractivity contribution in [2.45, 2.75) is 45.9 Å². The first kappa shape index (κ1) is 15.4. The number of aryl methyl sites for hydroxylation is 2. The first-order valence-electron chi connectivity index (χ1n) is 8.56. The minimum absolute atomic E-state index is 0.134. The van der Waals surface area contributed by atoms with Crippen LogP contribution in [0.4, 0.5) is 0 Å². The van der Waals surface area contributed by atoms with Gasteiger partial charge in [0.25, 0.3) is 5.91 Å². The van der Waals surface area contributed by atoms with Crippen LogP contribution in [0.2, 0.25) is 0 Å². The predicted octanol–water partition coefficient (Wildman–Crippen LogP) is 1.34. The summed E-state index contributed by atoms with van der Waals surface area (Å²) in [6.45, 7) is 4.50. The lowest BCUT2D eigenvalue weighted by atomic mass is 10.1. The molecule has 1 aliphatic carbocycles. The van der Waals surface area contributed by atoms with Crippen LogP contribution in [0.3, 0.4) is 0 Å². The topological polar surface area (TPSA) is 74.0 Å². The van der Waals surface area contributed by atoms with Gasteiger partial charge in [-0.2, -0.15) is 10.2 Å². The quantitative estimate of drug-likeness (QED) is 0.898. The fourth-order valence-electron chi connectivity index (χ4n) is 3.27. The van der Waals surface area contributed by atoms with E-state index in [1.807, 2.05) is 24.7 Å². The highest BCUT2D eigenvalue weighted by Gasteiger charge is 2.29. The first-order chi connectivity index (χ1) is 11.6. The fourth-order valence-corrected chi connectivity index (χ4v) is 3.27. The lowest BCUT2D eigenvalue weighted by molar-refractivity contribution is 0.0922. The molecule has 0 radical (unpaired) electrons. The normalized spacial score (nSPS) is 16.9. The highest BCUT2D eigenvalue weighted by Crippen LogP contribution is 2.32. The average Bonchev–Trinajstić information content (AvgIpc) is 3.22. The number of carbonyl (C=O) groups excluding carboxylic acids is 1. The van der Waals surface area contributed by atoms with Crippen molar-refractivity contribution in [3.05, 3.63) is 34.4 Å². The Morgan fingerprint density at radius 3 is 2.96 bits per heavy atom. The van der Waals surface area contributed by atoms with Gasteiger partial charge in [0, 0.05) is 31.3 Å². The molecule has 3 heterocycles. The second kappa shape index (κ2) is 6.05. The Morgan fingerprint density at radius 1 is 1.42 bits per heavy atom. The maximum atomic E-state index is 12.7. The Hall–Kier alpha value is -2.15. The number of ether oxygens (including phenoxy) is 1. The second-order valence-electron chi connectivity index (χ2n) is 6.79. The predicted molar refractivity (Wildman–Crippen MR) is 87.4 cm³/mol. The first-order valence-corrected chi connectivity index (χ1v) is 8.56. The molecule has 7 heteroatoms. The Bertz CT molecular complexity index is 772. The van der Waals surface area contributed by atoms with E-state index in [1.54, 1.807) is 4.68 Å². The van der Waals surface area contributed by atoms with Crippen LogP contribution in [-0.2, 0) is 37.9 Å². The molecule has 2 aliphatic rings. The number of nitrogens with zero attached hydrogens (tertiary/aromatic N) is 4. The van der Waals surface area contributed by atoms with Crippen LogP contribution in [-0.4, -0.2) is 32.1 Å².